The fraction of sp³-hybridized carbons (Fsp3) is 0.227. The van der Waals surface area contributed by atoms with Crippen LogP contribution in [0.2, 0.25) is 5.02 Å². The highest BCUT2D eigenvalue weighted by Crippen LogP contribution is 2.26. The number of methoxy groups -OCH3 is 1. The molecule has 2 aromatic carbocycles. The number of hydrogen-bond donors (Lipinski definition) is 0. The van der Waals surface area contributed by atoms with Gasteiger partial charge in [-0.3, -0.25) is 9.59 Å². The van der Waals surface area contributed by atoms with E-state index in [1.165, 1.54) is 23.5 Å². The summed E-state index contributed by atoms with van der Waals surface area (Å²) in [7, 11) is 1.61. The van der Waals surface area contributed by atoms with E-state index in [1.807, 2.05) is 24.3 Å². The van der Waals surface area contributed by atoms with E-state index in [2.05, 4.69) is 4.98 Å². The van der Waals surface area contributed by atoms with Crippen molar-refractivity contribution in [1.29, 1.82) is 0 Å². The molecule has 3 aromatic rings. The van der Waals surface area contributed by atoms with Gasteiger partial charge in [-0.05, 0) is 42.5 Å². The average molecular weight is 460 g/mol. The lowest BCUT2D eigenvalue weighted by Gasteiger charge is -2.34. The number of aromatic nitrogens is 1. The zero-order chi connectivity index (χ0) is 22.0. The fourth-order valence-electron chi connectivity index (χ4n) is 3.35. The van der Waals surface area contributed by atoms with Crippen molar-refractivity contribution in [3.63, 3.8) is 0 Å². The van der Waals surface area contributed by atoms with Gasteiger partial charge in [-0.15, -0.1) is 11.3 Å². The summed E-state index contributed by atoms with van der Waals surface area (Å²) in [5.74, 6) is -0.171. The van der Waals surface area contributed by atoms with Crippen LogP contribution in [0.4, 0.5) is 4.39 Å². The van der Waals surface area contributed by atoms with Crippen molar-refractivity contribution in [1.82, 2.24) is 14.8 Å². The predicted molar refractivity (Wildman–Crippen MR) is 117 cm³/mol. The second kappa shape index (κ2) is 9.03. The molecule has 4 rings (SSSR count). The van der Waals surface area contributed by atoms with Crippen LogP contribution in [0.5, 0.6) is 5.75 Å². The van der Waals surface area contributed by atoms with Crippen molar-refractivity contribution in [3.05, 3.63) is 69.9 Å². The van der Waals surface area contributed by atoms with Crippen LogP contribution in [0.3, 0.4) is 0 Å². The lowest BCUT2D eigenvalue weighted by molar-refractivity contribution is 0.0533. The molecule has 0 bridgehead atoms. The third kappa shape index (κ3) is 4.55. The minimum absolute atomic E-state index is 0.0806. The second-order valence-corrected chi connectivity index (χ2v) is 8.24. The molecule has 0 radical (unpaired) electrons. The van der Waals surface area contributed by atoms with E-state index in [-0.39, 0.29) is 22.4 Å². The molecule has 0 unspecified atom stereocenters. The second-order valence-electron chi connectivity index (χ2n) is 6.97. The lowest BCUT2D eigenvalue weighted by Crippen LogP contribution is -2.50. The summed E-state index contributed by atoms with van der Waals surface area (Å²) >= 11 is 7.41. The maximum Gasteiger partial charge on any atom is 0.273 e. The maximum atomic E-state index is 13.2. The van der Waals surface area contributed by atoms with Gasteiger partial charge in [0.15, 0.2) is 0 Å². The van der Waals surface area contributed by atoms with Gasteiger partial charge in [0.05, 0.1) is 17.7 Å². The zero-order valence-electron chi connectivity index (χ0n) is 16.7. The number of hydrogen-bond acceptors (Lipinski definition) is 5. The number of ether oxygens (including phenoxy) is 1. The number of nitrogens with zero attached hydrogens (tertiary/aromatic N) is 3. The van der Waals surface area contributed by atoms with Crippen LogP contribution in [0.15, 0.2) is 47.8 Å². The van der Waals surface area contributed by atoms with E-state index in [4.69, 9.17) is 16.3 Å². The number of carbonyl (C=O) groups is 2. The van der Waals surface area contributed by atoms with Crippen LogP contribution < -0.4 is 4.74 Å². The molecular formula is C22H19ClFN3O3S. The molecule has 1 aliphatic heterocycles. The lowest BCUT2D eigenvalue weighted by atomic mass is 10.1. The standard InChI is InChI=1S/C22H19ClFN3O3S/c1-30-16-5-2-14(3-6-16)20-25-19(13-31-20)22(29)27-10-8-26(9-11-27)21(28)17-7-4-15(24)12-18(17)23/h2-7,12-13H,8-11H2,1H3. The number of amides is 2. The van der Waals surface area contributed by atoms with Gasteiger partial charge in [0, 0.05) is 37.1 Å². The first kappa shape index (κ1) is 21.3. The van der Waals surface area contributed by atoms with Crippen LogP contribution in [0.25, 0.3) is 10.6 Å². The topological polar surface area (TPSA) is 62.7 Å². The minimum Gasteiger partial charge on any atom is -0.497 e. The molecule has 1 aromatic heterocycles. The Morgan fingerprint density at radius 2 is 1.68 bits per heavy atom. The molecule has 31 heavy (non-hydrogen) atoms. The summed E-state index contributed by atoms with van der Waals surface area (Å²) in [6.07, 6.45) is 0. The van der Waals surface area contributed by atoms with Gasteiger partial charge < -0.3 is 14.5 Å². The van der Waals surface area contributed by atoms with E-state index in [9.17, 15) is 14.0 Å². The Bertz CT molecular complexity index is 1110. The highest BCUT2D eigenvalue weighted by atomic mass is 35.5. The molecule has 0 saturated carbocycles. The Hall–Kier alpha value is -2.97. The minimum atomic E-state index is -0.491. The summed E-state index contributed by atoms with van der Waals surface area (Å²) in [4.78, 5) is 33.3. The van der Waals surface area contributed by atoms with Crippen LogP contribution in [0.1, 0.15) is 20.8 Å². The van der Waals surface area contributed by atoms with E-state index in [0.717, 1.165) is 22.4 Å². The van der Waals surface area contributed by atoms with Gasteiger partial charge in [0.1, 0.15) is 22.3 Å². The Kier molecular flexibility index (Phi) is 6.20. The van der Waals surface area contributed by atoms with Crippen molar-refractivity contribution < 1.29 is 18.7 Å². The third-order valence-electron chi connectivity index (χ3n) is 5.08. The van der Waals surface area contributed by atoms with Crippen LogP contribution in [0, 0.1) is 5.82 Å². The summed E-state index contributed by atoms with van der Waals surface area (Å²) in [5, 5.41) is 2.58. The van der Waals surface area contributed by atoms with Gasteiger partial charge in [-0.25, -0.2) is 9.37 Å². The van der Waals surface area contributed by atoms with Crippen molar-refractivity contribution in [2.45, 2.75) is 0 Å². The molecule has 1 saturated heterocycles. The van der Waals surface area contributed by atoms with Crippen molar-refractivity contribution in [2.24, 2.45) is 0 Å². The molecule has 2 amide bonds. The van der Waals surface area contributed by atoms with Gasteiger partial charge in [-0.1, -0.05) is 11.6 Å². The number of halogens is 2. The molecule has 9 heteroatoms. The van der Waals surface area contributed by atoms with Crippen LogP contribution in [-0.4, -0.2) is 59.9 Å². The summed E-state index contributed by atoms with van der Waals surface area (Å²) in [5.41, 5.74) is 1.56. The van der Waals surface area contributed by atoms with Crippen LogP contribution >= 0.6 is 22.9 Å². The first-order valence-electron chi connectivity index (χ1n) is 9.60. The van der Waals surface area contributed by atoms with E-state index >= 15 is 0 Å². The highest BCUT2D eigenvalue weighted by Gasteiger charge is 2.27. The van der Waals surface area contributed by atoms with Gasteiger partial charge in [-0.2, -0.15) is 0 Å². The van der Waals surface area contributed by atoms with Gasteiger partial charge >= 0.3 is 0 Å². The van der Waals surface area contributed by atoms with Crippen LogP contribution in [-0.2, 0) is 0 Å². The molecule has 160 valence electrons. The third-order valence-corrected chi connectivity index (χ3v) is 6.28. The fourth-order valence-corrected chi connectivity index (χ4v) is 4.39. The highest BCUT2D eigenvalue weighted by molar-refractivity contribution is 7.13. The van der Waals surface area contributed by atoms with Gasteiger partial charge in [0.25, 0.3) is 11.8 Å². The molecule has 0 aliphatic carbocycles. The molecule has 0 atom stereocenters. The molecule has 6 nitrogen and oxygen atoms in total. The van der Waals surface area contributed by atoms with Crippen molar-refractivity contribution >= 4 is 34.8 Å². The summed E-state index contributed by atoms with van der Waals surface area (Å²) in [6.45, 7) is 1.51. The number of rotatable bonds is 4. The molecule has 2 heterocycles. The average Bonchev–Trinajstić information content (AvgIpc) is 3.29. The van der Waals surface area contributed by atoms with E-state index in [1.54, 1.807) is 22.3 Å². The van der Waals surface area contributed by atoms with E-state index in [0.29, 0.717) is 31.9 Å². The first-order chi connectivity index (χ1) is 15.0. The molecule has 1 aliphatic rings. The quantitative estimate of drug-likeness (QED) is 0.586. The van der Waals surface area contributed by atoms with Gasteiger partial charge in [0.2, 0.25) is 0 Å². The summed E-state index contributed by atoms with van der Waals surface area (Å²) in [6, 6.07) is 11.2. The predicted octanol–water partition coefficient (Wildman–Crippen LogP) is 4.21. The Labute approximate surface area is 187 Å². The van der Waals surface area contributed by atoms with Crippen molar-refractivity contribution in [3.8, 4) is 16.3 Å². The number of benzene rings is 2. The molecular weight excluding hydrogens is 441 g/mol. The summed E-state index contributed by atoms with van der Waals surface area (Å²) < 4.78 is 18.4. The molecule has 0 spiro atoms. The van der Waals surface area contributed by atoms with E-state index < -0.39 is 5.82 Å². The first-order valence-corrected chi connectivity index (χ1v) is 10.9. The smallest absolute Gasteiger partial charge is 0.273 e. The molecule has 0 N–H and O–H groups in total. The van der Waals surface area contributed by atoms with Crippen molar-refractivity contribution in [2.75, 3.05) is 33.3 Å². The SMILES string of the molecule is COc1ccc(-c2nc(C(=O)N3CCN(C(=O)c4ccc(F)cc4Cl)CC3)cs2)cc1. The number of piperazine rings is 1. The normalized spacial score (nSPS) is 13.9. The Balaban J connectivity index is 1.39. The Morgan fingerprint density at radius 3 is 2.29 bits per heavy atom. The largest absolute Gasteiger partial charge is 0.497 e. The number of carbonyl (C=O) groups excluding carboxylic acids is 2. The maximum absolute atomic E-state index is 13.2. The molecule has 1 fully saturated rings. The number of thiazole rings is 1. The monoisotopic (exact) mass is 459 g/mol. The zero-order valence-corrected chi connectivity index (χ0v) is 18.3. The Morgan fingerprint density at radius 1 is 1.03 bits per heavy atom.